The number of methoxy groups -OCH3 is 1. The summed E-state index contributed by atoms with van der Waals surface area (Å²) in [6.07, 6.45) is 0. The first-order valence-electron chi connectivity index (χ1n) is 5.50. The van der Waals surface area contributed by atoms with Crippen LogP contribution >= 0.6 is 0 Å². The van der Waals surface area contributed by atoms with Crippen LogP contribution in [0.15, 0.2) is 42.5 Å². The second-order valence-electron chi connectivity index (χ2n) is 3.82. The van der Waals surface area contributed by atoms with Crippen LogP contribution in [0, 0.1) is 5.82 Å². The average Bonchev–Trinajstić information content (AvgIpc) is 2.41. The van der Waals surface area contributed by atoms with Crippen LogP contribution in [-0.4, -0.2) is 7.11 Å². The van der Waals surface area contributed by atoms with Gasteiger partial charge in [-0.05, 0) is 42.0 Å². The lowest BCUT2D eigenvalue weighted by Crippen LogP contribution is -1.98. The summed E-state index contributed by atoms with van der Waals surface area (Å²) in [6, 6.07) is 11.8. The molecule has 0 spiro atoms. The molecule has 0 aromatic heterocycles. The van der Waals surface area contributed by atoms with E-state index in [-0.39, 0.29) is 5.69 Å². The zero-order valence-corrected chi connectivity index (χ0v) is 10.0. The van der Waals surface area contributed by atoms with Gasteiger partial charge in [0.05, 0.1) is 12.8 Å². The van der Waals surface area contributed by atoms with Gasteiger partial charge in [0.15, 0.2) is 0 Å². The monoisotopic (exact) mass is 247 g/mol. The van der Waals surface area contributed by atoms with Crippen LogP contribution in [0.4, 0.5) is 10.1 Å². The van der Waals surface area contributed by atoms with Crippen molar-refractivity contribution >= 4 is 5.69 Å². The molecule has 4 heteroatoms. The molecule has 94 valence electrons. The largest absolute Gasteiger partial charge is 0.497 e. The van der Waals surface area contributed by atoms with Crippen LogP contribution in [0.25, 0.3) is 0 Å². The van der Waals surface area contributed by atoms with Crippen molar-refractivity contribution in [3.8, 4) is 11.5 Å². The molecule has 0 saturated heterocycles. The van der Waals surface area contributed by atoms with E-state index in [2.05, 4.69) is 0 Å². The van der Waals surface area contributed by atoms with Gasteiger partial charge in [0, 0.05) is 0 Å². The van der Waals surface area contributed by atoms with Crippen molar-refractivity contribution in [1.29, 1.82) is 0 Å². The van der Waals surface area contributed by atoms with E-state index >= 15 is 0 Å². The molecule has 0 bridgehead atoms. The predicted molar refractivity (Wildman–Crippen MR) is 68.1 cm³/mol. The van der Waals surface area contributed by atoms with Crippen molar-refractivity contribution < 1.29 is 13.9 Å². The van der Waals surface area contributed by atoms with E-state index in [1.54, 1.807) is 19.2 Å². The lowest BCUT2D eigenvalue weighted by Gasteiger charge is -2.08. The summed E-state index contributed by atoms with van der Waals surface area (Å²) in [6.45, 7) is 0.344. The van der Waals surface area contributed by atoms with Gasteiger partial charge in [0.25, 0.3) is 0 Å². The molecule has 0 saturated carbocycles. The molecule has 0 fully saturated rings. The van der Waals surface area contributed by atoms with Crippen LogP contribution in [0.1, 0.15) is 5.56 Å². The summed E-state index contributed by atoms with van der Waals surface area (Å²) in [4.78, 5) is 0. The maximum atomic E-state index is 13.0. The van der Waals surface area contributed by atoms with Gasteiger partial charge in [-0.3, -0.25) is 0 Å². The van der Waals surface area contributed by atoms with E-state index in [9.17, 15) is 4.39 Å². The summed E-state index contributed by atoms with van der Waals surface area (Å²) in [5.74, 6) is 1.08. The van der Waals surface area contributed by atoms with Crippen LogP contribution in [0.3, 0.4) is 0 Å². The zero-order valence-electron chi connectivity index (χ0n) is 10.0. The molecule has 0 aliphatic carbocycles. The summed E-state index contributed by atoms with van der Waals surface area (Å²) in [5, 5.41) is 0. The number of ether oxygens (including phenoxy) is 2. The highest BCUT2D eigenvalue weighted by Crippen LogP contribution is 2.19. The molecular formula is C14H14FNO2. The lowest BCUT2D eigenvalue weighted by atomic mass is 10.2. The van der Waals surface area contributed by atoms with Crippen molar-refractivity contribution in [2.75, 3.05) is 12.8 Å². The Kier molecular flexibility index (Phi) is 3.67. The number of anilines is 1. The highest BCUT2D eigenvalue weighted by atomic mass is 19.1. The van der Waals surface area contributed by atoms with Gasteiger partial charge in [-0.15, -0.1) is 0 Å². The quantitative estimate of drug-likeness (QED) is 0.845. The molecule has 0 amide bonds. The van der Waals surface area contributed by atoms with Crippen molar-refractivity contribution in [3.63, 3.8) is 0 Å². The Balaban J connectivity index is 1.99. The molecule has 0 atom stereocenters. The van der Waals surface area contributed by atoms with Gasteiger partial charge in [0.1, 0.15) is 23.9 Å². The average molecular weight is 247 g/mol. The summed E-state index contributed by atoms with van der Waals surface area (Å²) >= 11 is 0. The third-order valence-corrected chi connectivity index (χ3v) is 2.53. The fraction of sp³-hybridized carbons (Fsp3) is 0.143. The van der Waals surface area contributed by atoms with Gasteiger partial charge in [-0.2, -0.15) is 0 Å². The van der Waals surface area contributed by atoms with Crippen molar-refractivity contribution in [1.82, 2.24) is 0 Å². The molecule has 18 heavy (non-hydrogen) atoms. The summed E-state index contributed by atoms with van der Waals surface area (Å²) < 4.78 is 23.6. The van der Waals surface area contributed by atoms with Crippen molar-refractivity contribution in [2.24, 2.45) is 0 Å². The third kappa shape index (κ3) is 2.91. The normalized spacial score (nSPS) is 10.1. The van der Waals surface area contributed by atoms with E-state index in [0.29, 0.717) is 6.61 Å². The lowest BCUT2D eigenvalue weighted by molar-refractivity contribution is 0.305. The summed E-state index contributed by atoms with van der Waals surface area (Å²) in [5.41, 5.74) is 6.43. The second kappa shape index (κ2) is 5.40. The number of hydrogen-bond donors (Lipinski definition) is 1. The minimum atomic E-state index is -0.414. The maximum Gasteiger partial charge on any atom is 0.146 e. The molecule has 2 aromatic rings. The van der Waals surface area contributed by atoms with Gasteiger partial charge >= 0.3 is 0 Å². The molecule has 2 N–H and O–H groups in total. The first kappa shape index (κ1) is 12.2. The maximum absolute atomic E-state index is 13.0. The molecule has 0 heterocycles. The number of halogens is 1. The van der Waals surface area contributed by atoms with Crippen LogP contribution in [-0.2, 0) is 6.61 Å². The first-order chi connectivity index (χ1) is 8.69. The minimum absolute atomic E-state index is 0.130. The molecule has 0 unspecified atom stereocenters. The van der Waals surface area contributed by atoms with Crippen molar-refractivity contribution in [2.45, 2.75) is 6.61 Å². The SMILES string of the molecule is COc1ccc(OCc2ccc(F)c(N)c2)cc1. The Morgan fingerprint density at radius 2 is 1.72 bits per heavy atom. The van der Waals surface area contributed by atoms with E-state index < -0.39 is 5.82 Å². The van der Waals surface area contributed by atoms with Crippen LogP contribution in [0.2, 0.25) is 0 Å². The zero-order chi connectivity index (χ0) is 13.0. The Morgan fingerprint density at radius 3 is 2.33 bits per heavy atom. The Hall–Kier alpha value is -2.23. The highest BCUT2D eigenvalue weighted by molar-refractivity contribution is 5.42. The number of nitrogen functional groups attached to an aromatic ring is 1. The first-order valence-corrected chi connectivity index (χ1v) is 5.50. The second-order valence-corrected chi connectivity index (χ2v) is 3.82. The Labute approximate surface area is 105 Å². The minimum Gasteiger partial charge on any atom is -0.497 e. The topological polar surface area (TPSA) is 44.5 Å². The van der Waals surface area contributed by atoms with Gasteiger partial charge in [-0.1, -0.05) is 6.07 Å². The van der Waals surface area contributed by atoms with Gasteiger partial charge in [0.2, 0.25) is 0 Å². The molecule has 3 nitrogen and oxygen atoms in total. The fourth-order valence-electron chi connectivity index (χ4n) is 1.52. The number of nitrogens with two attached hydrogens (primary N) is 1. The standard InChI is InChI=1S/C14H14FNO2/c1-17-11-3-5-12(6-4-11)18-9-10-2-7-13(15)14(16)8-10/h2-8H,9,16H2,1H3. The highest BCUT2D eigenvalue weighted by Gasteiger charge is 2.01. The molecule has 0 aliphatic heterocycles. The van der Waals surface area contributed by atoms with E-state index in [0.717, 1.165) is 17.1 Å². The molecule has 2 rings (SSSR count). The fourth-order valence-corrected chi connectivity index (χ4v) is 1.52. The Bertz CT molecular complexity index is 526. The summed E-state index contributed by atoms with van der Waals surface area (Å²) in [7, 11) is 1.61. The van der Waals surface area contributed by atoms with Crippen LogP contribution in [0.5, 0.6) is 11.5 Å². The van der Waals surface area contributed by atoms with E-state index in [1.165, 1.54) is 6.07 Å². The number of hydrogen-bond acceptors (Lipinski definition) is 3. The van der Waals surface area contributed by atoms with Gasteiger partial charge in [-0.25, -0.2) is 4.39 Å². The number of rotatable bonds is 4. The van der Waals surface area contributed by atoms with Gasteiger partial charge < -0.3 is 15.2 Å². The molecule has 0 aliphatic rings. The Morgan fingerprint density at radius 1 is 1.06 bits per heavy atom. The number of benzene rings is 2. The predicted octanol–water partition coefficient (Wildman–Crippen LogP) is 3.00. The van der Waals surface area contributed by atoms with Crippen molar-refractivity contribution in [3.05, 3.63) is 53.8 Å². The molecule has 0 radical (unpaired) electrons. The van der Waals surface area contributed by atoms with E-state index in [4.69, 9.17) is 15.2 Å². The van der Waals surface area contributed by atoms with E-state index in [1.807, 2.05) is 24.3 Å². The molecule has 2 aromatic carbocycles. The molecular weight excluding hydrogens is 233 g/mol. The van der Waals surface area contributed by atoms with Crippen LogP contribution < -0.4 is 15.2 Å². The third-order valence-electron chi connectivity index (χ3n) is 2.53. The smallest absolute Gasteiger partial charge is 0.146 e.